The van der Waals surface area contributed by atoms with Crippen LogP contribution in [0.25, 0.3) is 0 Å². The molecule has 1 fully saturated rings. The smallest absolute Gasteiger partial charge is 0.224 e. The lowest BCUT2D eigenvalue weighted by molar-refractivity contribution is -0.123. The fourth-order valence-corrected chi connectivity index (χ4v) is 2.46. The number of carbonyl (C=O) groups is 1. The topological polar surface area (TPSA) is 64.4 Å². The molecular weight excluding hydrogens is 240 g/mol. The lowest BCUT2D eigenvalue weighted by atomic mass is 9.89. The van der Waals surface area contributed by atoms with Gasteiger partial charge in [0.2, 0.25) is 5.91 Å². The lowest BCUT2D eigenvalue weighted by Crippen LogP contribution is -2.57. The van der Waals surface area contributed by atoms with E-state index in [1.807, 2.05) is 31.2 Å². The van der Waals surface area contributed by atoms with Crippen molar-refractivity contribution in [3.63, 3.8) is 0 Å². The van der Waals surface area contributed by atoms with Crippen LogP contribution in [0.3, 0.4) is 0 Å². The van der Waals surface area contributed by atoms with Crippen molar-refractivity contribution in [1.29, 1.82) is 0 Å². The third kappa shape index (κ3) is 3.55. The zero-order valence-electron chi connectivity index (χ0n) is 11.4. The molecule has 1 aliphatic rings. The molecule has 1 aromatic carbocycles. The molecule has 0 bridgehead atoms. The molecule has 4 heteroatoms. The molecule has 0 aliphatic carbocycles. The molecule has 0 aromatic heterocycles. The molecule has 1 heterocycles. The van der Waals surface area contributed by atoms with Gasteiger partial charge in [-0.15, -0.1) is 0 Å². The number of carbonyl (C=O) groups excluding carboxylic acids is 1. The average molecular weight is 262 g/mol. The van der Waals surface area contributed by atoms with E-state index in [0.29, 0.717) is 26.2 Å². The zero-order chi connectivity index (χ0) is 13.7. The number of benzene rings is 1. The number of hydrogen-bond acceptors (Lipinski definition) is 3. The Hall–Kier alpha value is -1.39. The van der Waals surface area contributed by atoms with Crippen molar-refractivity contribution in [3.8, 4) is 0 Å². The van der Waals surface area contributed by atoms with E-state index in [9.17, 15) is 4.79 Å². The second-order valence-electron chi connectivity index (χ2n) is 5.25. The molecule has 1 saturated heterocycles. The van der Waals surface area contributed by atoms with Crippen LogP contribution in [0.15, 0.2) is 24.3 Å². The summed E-state index contributed by atoms with van der Waals surface area (Å²) >= 11 is 0. The molecule has 4 nitrogen and oxygen atoms in total. The van der Waals surface area contributed by atoms with Crippen molar-refractivity contribution in [2.24, 2.45) is 5.73 Å². The highest BCUT2D eigenvalue weighted by molar-refractivity contribution is 5.79. The van der Waals surface area contributed by atoms with Crippen LogP contribution in [-0.4, -0.2) is 31.2 Å². The normalized spacial score (nSPS) is 18.0. The summed E-state index contributed by atoms with van der Waals surface area (Å²) in [6.45, 7) is 3.83. The van der Waals surface area contributed by atoms with Gasteiger partial charge >= 0.3 is 0 Å². The number of rotatable bonds is 4. The number of nitrogens with one attached hydrogen (secondary N) is 1. The van der Waals surface area contributed by atoms with Gasteiger partial charge in [0.25, 0.3) is 0 Å². The van der Waals surface area contributed by atoms with Gasteiger partial charge < -0.3 is 15.8 Å². The van der Waals surface area contributed by atoms with Gasteiger partial charge in [-0.3, -0.25) is 4.79 Å². The van der Waals surface area contributed by atoms with E-state index in [-0.39, 0.29) is 11.4 Å². The Morgan fingerprint density at radius 3 is 2.68 bits per heavy atom. The molecule has 0 radical (unpaired) electrons. The number of amides is 1. The average Bonchev–Trinajstić information content (AvgIpc) is 2.42. The second-order valence-corrected chi connectivity index (χ2v) is 5.25. The van der Waals surface area contributed by atoms with Crippen LogP contribution in [0.2, 0.25) is 0 Å². The maximum atomic E-state index is 12.2. The molecule has 0 spiro atoms. The number of aryl methyl sites for hydroxylation is 1. The summed E-state index contributed by atoms with van der Waals surface area (Å²) in [5.74, 6) is 0.0432. The molecule has 1 amide bonds. The van der Waals surface area contributed by atoms with Gasteiger partial charge in [0, 0.05) is 19.8 Å². The Morgan fingerprint density at radius 1 is 1.37 bits per heavy atom. The lowest BCUT2D eigenvalue weighted by Gasteiger charge is -2.37. The Balaban J connectivity index is 1.98. The van der Waals surface area contributed by atoms with Gasteiger partial charge in [0.15, 0.2) is 0 Å². The number of ether oxygens (including phenoxy) is 1. The summed E-state index contributed by atoms with van der Waals surface area (Å²) < 4.78 is 5.34. The second kappa shape index (κ2) is 6.17. The van der Waals surface area contributed by atoms with Crippen LogP contribution in [0.5, 0.6) is 0 Å². The summed E-state index contributed by atoms with van der Waals surface area (Å²) in [6, 6.07) is 7.96. The van der Waals surface area contributed by atoms with E-state index in [1.54, 1.807) is 0 Å². The third-order valence-corrected chi connectivity index (χ3v) is 3.86. The predicted octanol–water partition coefficient (Wildman–Crippen LogP) is 1.16. The Bertz CT molecular complexity index is 440. The predicted molar refractivity (Wildman–Crippen MR) is 74.9 cm³/mol. The molecule has 104 valence electrons. The summed E-state index contributed by atoms with van der Waals surface area (Å²) in [4.78, 5) is 12.2. The van der Waals surface area contributed by atoms with Gasteiger partial charge in [-0.25, -0.2) is 0 Å². The molecule has 3 N–H and O–H groups in total. The number of hydrogen-bond donors (Lipinski definition) is 2. The SMILES string of the molecule is Cc1ccccc1CC(=O)NC1(CN)CCOCC1. The summed E-state index contributed by atoms with van der Waals surface area (Å²) in [5, 5.41) is 3.11. The first-order valence-corrected chi connectivity index (χ1v) is 6.78. The van der Waals surface area contributed by atoms with Gasteiger partial charge in [-0.05, 0) is 30.9 Å². The van der Waals surface area contributed by atoms with Crippen molar-refractivity contribution in [2.45, 2.75) is 31.7 Å². The van der Waals surface area contributed by atoms with Gasteiger partial charge in [0.1, 0.15) is 0 Å². The van der Waals surface area contributed by atoms with Crippen LogP contribution in [0, 0.1) is 6.92 Å². The minimum atomic E-state index is -0.280. The highest BCUT2D eigenvalue weighted by atomic mass is 16.5. The monoisotopic (exact) mass is 262 g/mol. The quantitative estimate of drug-likeness (QED) is 0.856. The van der Waals surface area contributed by atoms with E-state index in [4.69, 9.17) is 10.5 Å². The maximum absolute atomic E-state index is 12.2. The molecule has 0 saturated carbocycles. The Kier molecular flexibility index (Phi) is 4.56. The van der Waals surface area contributed by atoms with Gasteiger partial charge in [-0.2, -0.15) is 0 Å². The largest absolute Gasteiger partial charge is 0.381 e. The Morgan fingerprint density at radius 2 is 2.05 bits per heavy atom. The van der Waals surface area contributed by atoms with Crippen molar-refractivity contribution in [1.82, 2.24) is 5.32 Å². The standard InChI is InChI=1S/C15H22N2O2/c1-12-4-2-3-5-13(12)10-14(18)17-15(11-16)6-8-19-9-7-15/h2-5H,6-11,16H2,1H3,(H,17,18). The van der Waals surface area contributed by atoms with Crippen molar-refractivity contribution in [2.75, 3.05) is 19.8 Å². The molecule has 19 heavy (non-hydrogen) atoms. The van der Waals surface area contributed by atoms with E-state index in [1.165, 1.54) is 0 Å². The molecule has 0 unspecified atom stereocenters. The summed E-state index contributed by atoms with van der Waals surface area (Å²) in [7, 11) is 0. The number of nitrogens with two attached hydrogens (primary N) is 1. The minimum Gasteiger partial charge on any atom is -0.381 e. The minimum absolute atomic E-state index is 0.0432. The summed E-state index contributed by atoms with van der Waals surface area (Å²) in [6.07, 6.45) is 2.00. The first-order valence-electron chi connectivity index (χ1n) is 6.78. The first kappa shape index (κ1) is 14.0. The van der Waals surface area contributed by atoms with E-state index in [2.05, 4.69) is 5.32 Å². The van der Waals surface area contributed by atoms with Crippen LogP contribution in [-0.2, 0) is 16.0 Å². The van der Waals surface area contributed by atoms with E-state index < -0.39 is 0 Å². The molecule has 2 rings (SSSR count). The molecule has 1 aromatic rings. The van der Waals surface area contributed by atoms with Crippen LogP contribution < -0.4 is 11.1 Å². The highest BCUT2D eigenvalue weighted by Crippen LogP contribution is 2.19. The van der Waals surface area contributed by atoms with E-state index in [0.717, 1.165) is 24.0 Å². The molecule has 1 aliphatic heterocycles. The first-order chi connectivity index (χ1) is 9.15. The Labute approximate surface area is 114 Å². The van der Waals surface area contributed by atoms with Crippen molar-refractivity contribution >= 4 is 5.91 Å². The van der Waals surface area contributed by atoms with Crippen LogP contribution in [0.1, 0.15) is 24.0 Å². The third-order valence-electron chi connectivity index (χ3n) is 3.86. The van der Waals surface area contributed by atoms with Crippen molar-refractivity contribution < 1.29 is 9.53 Å². The van der Waals surface area contributed by atoms with Gasteiger partial charge in [0.05, 0.1) is 12.0 Å². The summed E-state index contributed by atoms with van der Waals surface area (Å²) in [5.41, 5.74) is 7.77. The van der Waals surface area contributed by atoms with E-state index >= 15 is 0 Å². The van der Waals surface area contributed by atoms with Crippen molar-refractivity contribution in [3.05, 3.63) is 35.4 Å². The maximum Gasteiger partial charge on any atom is 0.224 e. The molecule has 0 atom stereocenters. The fourth-order valence-electron chi connectivity index (χ4n) is 2.46. The van der Waals surface area contributed by atoms with Gasteiger partial charge in [-0.1, -0.05) is 24.3 Å². The highest BCUT2D eigenvalue weighted by Gasteiger charge is 2.32. The van der Waals surface area contributed by atoms with Crippen LogP contribution in [0.4, 0.5) is 0 Å². The zero-order valence-corrected chi connectivity index (χ0v) is 11.4. The molecular formula is C15H22N2O2. The van der Waals surface area contributed by atoms with Crippen LogP contribution >= 0.6 is 0 Å². The fraction of sp³-hybridized carbons (Fsp3) is 0.533.